The molecule has 1 atom stereocenters. The number of carbonyl (C=O) groups is 3. The van der Waals surface area contributed by atoms with Crippen molar-refractivity contribution in [3.8, 4) is 0 Å². The van der Waals surface area contributed by atoms with E-state index in [4.69, 9.17) is 0 Å². The molecule has 1 heterocycles. The molecule has 4 amide bonds. The van der Waals surface area contributed by atoms with Crippen molar-refractivity contribution in [1.29, 1.82) is 0 Å². The number of nitrogens with one attached hydrogen (secondary N) is 2. The minimum atomic E-state index is -1.24. The third-order valence-corrected chi connectivity index (χ3v) is 5.74. The topological polar surface area (TPSA) is 78.5 Å². The van der Waals surface area contributed by atoms with Gasteiger partial charge in [0.1, 0.15) is 12.1 Å². The summed E-state index contributed by atoms with van der Waals surface area (Å²) in [5.74, 6) is -0.913. The van der Waals surface area contributed by atoms with Crippen LogP contribution >= 0.6 is 15.9 Å². The summed E-state index contributed by atoms with van der Waals surface area (Å²) < 4.78 is 0.707. The van der Waals surface area contributed by atoms with Crippen LogP contribution in [-0.2, 0) is 15.1 Å². The minimum absolute atomic E-state index is 0.367. The predicted octanol–water partition coefficient (Wildman–Crippen LogP) is 4.01. The first kappa shape index (κ1) is 19.1. The second-order valence-electron chi connectivity index (χ2n) is 7.00. The third kappa shape index (κ3) is 3.38. The molecule has 29 heavy (non-hydrogen) atoms. The van der Waals surface area contributed by atoms with Crippen molar-refractivity contribution >= 4 is 50.2 Å². The molecule has 0 radical (unpaired) electrons. The molecule has 1 aliphatic heterocycles. The maximum absolute atomic E-state index is 13.0. The van der Waals surface area contributed by atoms with Gasteiger partial charge in [-0.25, -0.2) is 4.79 Å². The van der Waals surface area contributed by atoms with Crippen molar-refractivity contribution < 1.29 is 14.4 Å². The third-order valence-electron chi connectivity index (χ3n) is 5.05. The van der Waals surface area contributed by atoms with E-state index in [9.17, 15) is 14.4 Å². The fraction of sp³-hybridized carbons (Fsp3) is 0.136. The van der Waals surface area contributed by atoms with Crippen LogP contribution in [0.1, 0.15) is 12.5 Å². The zero-order chi connectivity index (χ0) is 20.6. The predicted molar refractivity (Wildman–Crippen MR) is 114 cm³/mol. The first-order valence-corrected chi connectivity index (χ1v) is 9.86. The van der Waals surface area contributed by atoms with Gasteiger partial charge in [0, 0.05) is 21.1 Å². The molecular weight excluding hydrogens is 434 g/mol. The summed E-state index contributed by atoms with van der Waals surface area (Å²) >= 11 is 3.43. The van der Waals surface area contributed by atoms with Crippen LogP contribution in [-0.4, -0.2) is 29.3 Å². The van der Waals surface area contributed by atoms with E-state index in [1.54, 1.807) is 31.2 Å². The van der Waals surface area contributed by atoms with Gasteiger partial charge in [-0.3, -0.25) is 14.5 Å². The average Bonchev–Trinajstić information content (AvgIpc) is 2.92. The molecular formula is C22H18BrN3O3. The first-order chi connectivity index (χ1) is 13.9. The molecule has 1 fully saturated rings. The number of benzene rings is 3. The summed E-state index contributed by atoms with van der Waals surface area (Å²) in [6, 6.07) is 19.8. The number of hydrogen-bond acceptors (Lipinski definition) is 3. The second-order valence-corrected chi connectivity index (χ2v) is 7.86. The van der Waals surface area contributed by atoms with E-state index in [-0.39, 0.29) is 6.54 Å². The molecule has 0 saturated carbocycles. The van der Waals surface area contributed by atoms with E-state index in [1.807, 2.05) is 42.5 Å². The molecule has 3 aromatic rings. The van der Waals surface area contributed by atoms with E-state index in [1.165, 1.54) is 0 Å². The van der Waals surface area contributed by atoms with Gasteiger partial charge in [0.05, 0.1) is 0 Å². The number of rotatable bonds is 4. The van der Waals surface area contributed by atoms with Crippen molar-refractivity contribution in [2.45, 2.75) is 12.5 Å². The Morgan fingerprint density at radius 2 is 1.72 bits per heavy atom. The maximum atomic E-state index is 13.0. The van der Waals surface area contributed by atoms with Crippen molar-refractivity contribution in [2.24, 2.45) is 0 Å². The highest BCUT2D eigenvalue weighted by atomic mass is 79.9. The second kappa shape index (κ2) is 7.33. The number of carbonyl (C=O) groups excluding carboxylic acids is 3. The van der Waals surface area contributed by atoms with Gasteiger partial charge in [0.15, 0.2) is 0 Å². The lowest BCUT2D eigenvalue weighted by atomic mass is 9.92. The maximum Gasteiger partial charge on any atom is 0.325 e. The molecule has 6 nitrogen and oxygen atoms in total. The Labute approximate surface area is 176 Å². The Morgan fingerprint density at radius 1 is 1.03 bits per heavy atom. The van der Waals surface area contributed by atoms with Crippen LogP contribution in [0.5, 0.6) is 0 Å². The van der Waals surface area contributed by atoms with Crippen molar-refractivity contribution in [1.82, 2.24) is 10.2 Å². The van der Waals surface area contributed by atoms with E-state index in [2.05, 4.69) is 26.6 Å². The molecule has 1 saturated heterocycles. The molecule has 146 valence electrons. The van der Waals surface area contributed by atoms with Crippen LogP contribution in [0, 0.1) is 0 Å². The van der Waals surface area contributed by atoms with Gasteiger partial charge in [-0.05, 0) is 24.4 Å². The Kier molecular flexibility index (Phi) is 4.84. The number of amides is 4. The smallest absolute Gasteiger partial charge is 0.324 e. The Bertz CT molecular complexity index is 1140. The summed E-state index contributed by atoms with van der Waals surface area (Å²) in [5, 5.41) is 7.40. The van der Waals surface area contributed by atoms with Gasteiger partial charge in [-0.2, -0.15) is 0 Å². The SMILES string of the molecule is CC1(c2ccccc2Br)NC(=O)N(CC(=O)Nc2cccc3ccccc23)C1=O. The highest BCUT2D eigenvalue weighted by Gasteiger charge is 2.50. The number of nitrogens with zero attached hydrogens (tertiary/aromatic N) is 1. The van der Waals surface area contributed by atoms with Gasteiger partial charge >= 0.3 is 6.03 Å². The fourth-order valence-electron chi connectivity index (χ4n) is 3.56. The molecule has 3 aromatic carbocycles. The van der Waals surface area contributed by atoms with Crippen molar-refractivity contribution in [2.75, 3.05) is 11.9 Å². The summed E-state index contributed by atoms with van der Waals surface area (Å²) in [5.41, 5.74) is 0.0284. The van der Waals surface area contributed by atoms with Gasteiger partial charge < -0.3 is 10.6 Å². The van der Waals surface area contributed by atoms with Gasteiger partial charge in [-0.1, -0.05) is 70.5 Å². The number of fused-ring (bicyclic) bond motifs is 1. The number of anilines is 1. The summed E-state index contributed by atoms with van der Waals surface area (Å²) in [4.78, 5) is 39.1. The number of imide groups is 1. The molecule has 4 rings (SSSR count). The van der Waals surface area contributed by atoms with E-state index in [0.717, 1.165) is 15.7 Å². The van der Waals surface area contributed by atoms with E-state index >= 15 is 0 Å². The molecule has 1 aliphatic rings. The van der Waals surface area contributed by atoms with Crippen molar-refractivity contribution in [3.63, 3.8) is 0 Å². The molecule has 0 bridgehead atoms. The van der Waals surface area contributed by atoms with Crippen LogP contribution in [0.4, 0.5) is 10.5 Å². The van der Waals surface area contributed by atoms with E-state index in [0.29, 0.717) is 15.7 Å². The standard InChI is InChI=1S/C22H18BrN3O3/c1-22(16-10-4-5-11-17(16)23)20(28)26(21(29)25-22)13-19(27)24-18-12-6-8-14-7-2-3-9-15(14)18/h2-12H,13H2,1H3,(H,24,27)(H,25,29). The number of hydrogen-bond donors (Lipinski definition) is 2. The lowest BCUT2D eigenvalue weighted by Gasteiger charge is -2.23. The number of urea groups is 1. The summed E-state index contributed by atoms with van der Waals surface area (Å²) in [6.45, 7) is 1.27. The lowest BCUT2D eigenvalue weighted by Crippen LogP contribution is -2.42. The molecule has 0 spiro atoms. The zero-order valence-corrected chi connectivity index (χ0v) is 17.2. The van der Waals surface area contributed by atoms with Gasteiger partial charge in [0.2, 0.25) is 5.91 Å². The largest absolute Gasteiger partial charge is 0.325 e. The molecule has 7 heteroatoms. The first-order valence-electron chi connectivity index (χ1n) is 9.07. The Hall–Kier alpha value is -3.19. The highest BCUT2D eigenvalue weighted by molar-refractivity contribution is 9.10. The molecule has 2 N–H and O–H groups in total. The monoisotopic (exact) mass is 451 g/mol. The van der Waals surface area contributed by atoms with Crippen LogP contribution in [0.2, 0.25) is 0 Å². The minimum Gasteiger partial charge on any atom is -0.324 e. The lowest BCUT2D eigenvalue weighted by molar-refractivity contribution is -0.133. The van der Waals surface area contributed by atoms with E-state index < -0.39 is 23.4 Å². The van der Waals surface area contributed by atoms with Crippen LogP contribution < -0.4 is 10.6 Å². The molecule has 0 aliphatic carbocycles. The highest BCUT2D eigenvalue weighted by Crippen LogP contribution is 2.33. The average molecular weight is 452 g/mol. The summed E-state index contributed by atoms with van der Waals surface area (Å²) in [6.07, 6.45) is 0. The van der Waals surface area contributed by atoms with Crippen molar-refractivity contribution in [3.05, 3.63) is 76.8 Å². The zero-order valence-electron chi connectivity index (χ0n) is 15.6. The van der Waals surface area contributed by atoms with Crippen LogP contribution in [0.25, 0.3) is 10.8 Å². The number of halogens is 1. The normalized spacial score (nSPS) is 18.8. The fourth-order valence-corrected chi connectivity index (χ4v) is 4.24. The Balaban J connectivity index is 1.55. The molecule has 1 unspecified atom stereocenters. The quantitative estimate of drug-likeness (QED) is 0.588. The summed E-state index contributed by atoms with van der Waals surface area (Å²) in [7, 11) is 0. The van der Waals surface area contributed by atoms with Gasteiger partial charge in [0.25, 0.3) is 5.91 Å². The van der Waals surface area contributed by atoms with Crippen LogP contribution in [0.15, 0.2) is 71.2 Å². The van der Waals surface area contributed by atoms with Gasteiger partial charge in [-0.15, -0.1) is 0 Å². The van der Waals surface area contributed by atoms with Crippen LogP contribution in [0.3, 0.4) is 0 Å². The Morgan fingerprint density at radius 3 is 2.52 bits per heavy atom. The molecule has 0 aromatic heterocycles.